The van der Waals surface area contributed by atoms with Crippen LogP contribution in [0.1, 0.15) is 18.5 Å². The second-order valence-corrected chi connectivity index (χ2v) is 9.10. The van der Waals surface area contributed by atoms with Crippen molar-refractivity contribution in [3.05, 3.63) is 83.1 Å². The Bertz CT molecular complexity index is 1270. The van der Waals surface area contributed by atoms with E-state index in [-0.39, 0.29) is 11.7 Å². The van der Waals surface area contributed by atoms with Gasteiger partial charge in [0.15, 0.2) is 10.8 Å². The van der Waals surface area contributed by atoms with Crippen molar-refractivity contribution in [1.29, 1.82) is 0 Å². The van der Waals surface area contributed by atoms with E-state index < -0.39 is 17.7 Å². The van der Waals surface area contributed by atoms with Gasteiger partial charge in [0, 0.05) is 22.0 Å². The van der Waals surface area contributed by atoms with Gasteiger partial charge in [-0.05, 0) is 85.9 Å². The smallest absolute Gasteiger partial charge is 0.236 e. The van der Waals surface area contributed by atoms with E-state index in [0.717, 1.165) is 5.56 Å². The number of benzene rings is 3. The number of thiocarbonyl (C=S) groups is 1. The fourth-order valence-corrected chi connectivity index (χ4v) is 5.16. The van der Waals surface area contributed by atoms with Gasteiger partial charge >= 0.3 is 0 Å². The number of nitrogens with zero attached hydrogens (tertiary/aromatic N) is 1. The molecule has 9 heteroatoms. The van der Waals surface area contributed by atoms with Gasteiger partial charge < -0.3 is 20.1 Å². The molecule has 0 saturated carbocycles. The molecule has 174 valence electrons. The summed E-state index contributed by atoms with van der Waals surface area (Å²) in [4.78, 5) is 15.5. The van der Waals surface area contributed by atoms with Crippen molar-refractivity contribution in [2.45, 2.75) is 18.7 Å². The zero-order chi connectivity index (χ0) is 24.0. The molecule has 34 heavy (non-hydrogen) atoms. The topological polar surface area (TPSA) is 62.8 Å². The maximum absolute atomic E-state index is 13.7. The van der Waals surface area contributed by atoms with Gasteiger partial charge in [-0.15, -0.1) is 0 Å². The highest BCUT2D eigenvalue weighted by Gasteiger charge is 2.59. The maximum atomic E-state index is 13.7. The molecule has 5 rings (SSSR count). The summed E-state index contributed by atoms with van der Waals surface area (Å²) < 4.78 is 25.6. The fraction of sp³-hybridized carbons (Fsp3) is 0.200. The molecule has 3 atom stereocenters. The van der Waals surface area contributed by atoms with Crippen LogP contribution in [0.25, 0.3) is 0 Å². The first kappa shape index (κ1) is 22.4. The van der Waals surface area contributed by atoms with Gasteiger partial charge in [0.05, 0.1) is 13.2 Å². The Morgan fingerprint density at radius 3 is 2.56 bits per heavy atom. The van der Waals surface area contributed by atoms with Crippen LogP contribution in [-0.2, 0) is 4.79 Å². The molecule has 2 aliphatic heterocycles. The minimum atomic E-state index is -1.21. The molecule has 2 aliphatic rings. The molecule has 0 radical (unpaired) electrons. The Morgan fingerprint density at radius 1 is 1.18 bits per heavy atom. The summed E-state index contributed by atoms with van der Waals surface area (Å²) in [6.45, 7) is 1.82. The van der Waals surface area contributed by atoms with Crippen molar-refractivity contribution >= 4 is 46.2 Å². The quantitative estimate of drug-likeness (QED) is 0.478. The van der Waals surface area contributed by atoms with Crippen LogP contribution >= 0.6 is 23.8 Å². The van der Waals surface area contributed by atoms with Crippen molar-refractivity contribution in [2.24, 2.45) is 5.92 Å². The van der Waals surface area contributed by atoms with Gasteiger partial charge in [0.1, 0.15) is 23.2 Å². The first-order valence-corrected chi connectivity index (χ1v) is 11.4. The van der Waals surface area contributed by atoms with Gasteiger partial charge in [-0.3, -0.25) is 9.69 Å². The third-order valence-electron chi connectivity index (χ3n) is 6.18. The number of anilines is 2. The van der Waals surface area contributed by atoms with Gasteiger partial charge in [0.25, 0.3) is 0 Å². The highest BCUT2D eigenvalue weighted by Crippen LogP contribution is 2.50. The van der Waals surface area contributed by atoms with Crippen LogP contribution in [0, 0.1) is 11.7 Å². The summed E-state index contributed by atoms with van der Waals surface area (Å²) >= 11 is 11.7. The summed E-state index contributed by atoms with van der Waals surface area (Å²) in [5, 5.41) is 7.22. The Hall–Kier alpha value is -3.36. The first-order chi connectivity index (χ1) is 16.3. The Balaban J connectivity index is 1.62. The van der Waals surface area contributed by atoms with E-state index in [9.17, 15) is 9.18 Å². The number of rotatable bonds is 4. The molecule has 0 aromatic heterocycles. The Labute approximate surface area is 206 Å². The normalized spacial score (nSPS) is 22.8. The number of methoxy groups -OCH3 is 1. The average molecular weight is 498 g/mol. The second kappa shape index (κ2) is 8.45. The molecule has 0 aliphatic carbocycles. The van der Waals surface area contributed by atoms with Gasteiger partial charge in [0.2, 0.25) is 5.91 Å². The van der Waals surface area contributed by atoms with E-state index in [2.05, 4.69) is 10.6 Å². The Morgan fingerprint density at radius 2 is 1.88 bits per heavy atom. The summed E-state index contributed by atoms with van der Waals surface area (Å²) in [6, 6.07) is 17.7. The summed E-state index contributed by atoms with van der Waals surface area (Å²) in [7, 11) is 1.58. The molecule has 2 bridgehead atoms. The lowest BCUT2D eigenvalue weighted by atomic mass is 9.78. The van der Waals surface area contributed by atoms with Crippen LogP contribution in [0.2, 0.25) is 5.02 Å². The van der Waals surface area contributed by atoms with E-state index in [0.29, 0.717) is 33.0 Å². The number of nitrogens with one attached hydrogen (secondary N) is 2. The van der Waals surface area contributed by atoms with Crippen LogP contribution in [0.5, 0.6) is 11.5 Å². The average Bonchev–Trinajstić information content (AvgIpc) is 2.81. The molecule has 1 saturated heterocycles. The Kier molecular flexibility index (Phi) is 5.58. The molecule has 3 aromatic carbocycles. The zero-order valence-electron chi connectivity index (χ0n) is 18.3. The number of hydrogen-bond acceptors (Lipinski definition) is 4. The number of carbonyl (C=O) groups is 1. The number of hydrogen-bond donors (Lipinski definition) is 2. The van der Waals surface area contributed by atoms with Crippen LogP contribution in [0.4, 0.5) is 15.8 Å². The predicted molar refractivity (Wildman–Crippen MR) is 133 cm³/mol. The number of ether oxygens (including phenoxy) is 2. The number of halogens is 2. The van der Waals surface area contributed by atoms with Crippen molar-refractivity contribution in [1.82, 2.24) is 5.32 Å². The first-order valence-electron chi connectivity index (χ1n) is 10.6. The molecule has 1 fully saturated rings. The van der Waals surface area contributed by atoms with Crippen LogP contribution in [0.3, 0.4) is 0 Å². The number of carbonyl (C=O) groups excluding carboxylic acids is 1. The maximum Gasteiger partial charge on any atom is 0.236 e. The molecule has 0 spiro atoms. The van der Waals surface area contributed by atoms with Crippen molar-refractivity contribution in [3.8, 4) is 11.5 Å². The van der Waals surface area contributed by atoms with E-state index in [1.807, 2.05) is 19.1 Å². The molecule has 6 nitrogen and oxygen atoms in total. The van der Waals surface area contributed by atoms with Crippen molar-refractivity contribution in [3.63, 3.8) is 0 Å². The van der Waals surface area contributed by atoms with Gasteiger partial charge in [-0.25, -0.2) is 4.39 Å². The highest BCUT2D eigenvalue weighted by atomic mass is 35.5. The SMILES string of the molecule is COc1ccc2c(c1)[C@H]1NC(=S)N(c3ccc(F)cc3)[C@](C)(O2)[C@H]1C(=O)Nc1ccc(Cl)cc1. The lowest BCUT2D eigenvalue weighted by molar-refractivity contribution is -0.130. The van der Waals surface area contributed by atoms with E-state index in [1.165, 1.54) is 12.1 Å². The molecular formula is C25H21ClFN3O3S. The molecule has 1 amide bonds. The number of fused-ring (bicyclic) bond motifs is 4. The van der Waals surface area contributed by atoms with Gasteiger partial charge in [-0.2, -0.15) is 0 Å². The minimum Gasteiger partial charge on any atom is -0.497 e. The molecule has 2 N–H and O–H groups in total. The van der Waals surface area contributed by atoms with Crippen LogP contribution < -0.4 is 25.0 Å². The summed E-state index contributed by atoms with van der Waals surface area (Å²) in [5.74, 6) is -0.144. The summed E-state index contributed by atoms with van der Waals surface area (Å²) in [5.41, 5.74) is 0.752. The minimum absolute atomic E-state index is 0.273. The highest BCUT2D eigenvalue weighted by molar-refractivity contribution is 7.80. The summed E-state index contributed by atoms with van der Waals surface area (Å²) in [6.07, 6.45) is 0. The third kappa shape index (κ3) is 3.73. The zero-order valence-corrected chi connectivity index (χ0v) is 19.9. The number of amides is 1. The standard InChI is InChI=1S/C25H21ClFN3O3S/c1-25-21(23(31)28-16-7-3-14(26)4-8-16)22(19-13-18(32-2)11-12-20(19)33-25)29-24(34)30(25)17-9-5-15(27)6-10-17/h3-13,21-22H,1-2H3,(H,28,31)(H,29,34)/t21-,22-,25-/m1/s1. The largest absolute Gasteiger partial charge is 0.497 e. The lowest BCUT2D eigenvalue weighted by Gasteiger charge is -2.56. The van der Waals surface area contributed by atoms with Crippen molar-refractivity contribution in [2.75, 3.05) is 17.3 Å². The van der Waals surface area contributed by atoms with Crippen LogP contribution in [-0.4, -0.2) is 23.9 Å². The molecule has 0 unspecified atom stereocenters. The lowest BCUT2D eigenvalue weighted by Crippen LogP contribution is -2.72. The fourth-order valence-electron chi connectivity index (χ4n) is 4.62. The molecule has 3 aromatic rings. The van der Waals surface area contributed by atoms with Gasteiger partial charge in [-0.1, -0.05) is 11.6 Å². The van der Waals surface area contributed by atoms with E-state index >= 15 is 0 Å². The predicted octanol–water partition coefficient (Wildman–Crippen LogP) is 5.29. The monoisotopic (exact) mass is 497 g/mol. The molecular weight excluding hydrogens is 477 g/mol. The molecule has 2 heterocycles. The van der Waals surface area contributed by atoms with E-state index in [4.69, 9.17) is 33.3 Å². The third-order valence-corrected chi connectivity index (χ3v) is 6.74. The second-order valence-electron chi connectivity index (χ2n) is 8.27. The van der Waals surface area contributed by atoms with Crippen molar-refractivity contribution < 1.29 is 18.7 Å². The van der Waals surface area contributed by atoms with E-state index in [1.54, 1.807) is 54.5 Å². The van der Waals surface area contributed by atoms with Crippen LogP contribution in [0.15, 0.2) is 66.7 Å².